The Hall–Kier alpha value is -1.26. The summed E-state index contributed by atoms with van der Waals surface area (Å²) < 4.78 is 4.50. The first-order valence-corrected chi connectivity index (χ1v) is 4.50. The summed E-state index contributed by atoms with van der Waals surface area (Å²) in [5.74, 6) is -0.216. The molecule has 0 aromatic heterocycles. The van der Waals surface area contributed by atoms with Crippen LogP contribution in [0, 0.1) is 5.92 Å². The van der Waals surface area contributed by atoms with E-state index in [0.717, 1.165) is 0 Å². The van der Waals surface area contributed by atoms with Gasteiger partial charge in [-0.2, -0.15) is 0 Å². The molecule has 0 heterocycles. The molecule has 2 amide bonds. The van der Waals surface area contributed by atoms with E-state index in [1.165, 1.54) is 19.1 Å². The number of carbonyl (C=O) groups is 2. The number of primary amides is 1. The van der Waals surface area contributed by atoms with Gasteiger partial charge in [-0.25, -0.2) is 4.79 Å². The van der Waals surface area contributed by atoms with Gasteiger partial charge in [0.25, 0.3) is 0 Å². The molecule has 2 N–H and O–H groups in total. The van der Waals surface area contributed by atoms with Crippen LogP contribution in [0.15, 0.2) is 0 Å². The lowest BCUT2D eigenvalue weighted by Gasteiger charge is -2.25. The second-order valence-corrected chi connectivity index (χ2v) is 3.63. The van der Waals surface area contributed by atoms with Crippen molar-refractivity contribution in [2.24, 2.45) is 11.7 Å². The third-order valence-corrected chi connectivity index (χ3v) is 1.95. The fourth-order valence-electron chi connectivity index (χ4n) is 1.18. The van der Waals surface area contributed by atoms with Crippen LogP contribution in [-0.2, 0) is 9.53 Å². The van der Waals surface area contributed by atoms with Crippen molar-refractivity contribution in [2.75, 3.05) is 14.2 Å². The van der Waals surface area contributed by atoms with E-state index in [2.05, 4.69) is 4.74 Å². The summed E-state index contributed by atoms with van der Waals surface area (Å²) >= 11 is 0. The molecule has 0 aromatic rings. The van der Waals surface area contributed by atoms with Crippen LogP contribution in [0.5, 0.6) is 0 Å². The zero-order chi connectivity index (χ0) is 11.3. The molecule has 0 aliphatic carbocycles. The molecule has 1 unspecified atom stereocenters. The van der Waals surface area contributed by atoms with Gasteiger partial charge in [0.15, 0.2) is 0 Å². The van der Waals surface area contributed by atoms with Crippen molar-refractivity contribution < 1.29 is 14.3 Å². The van der Waals surface area contributed by atoms with E-state index in [9.17, 15) is 9.59 Å². The Labute approximate surface area is 84.2 Å². The maximum absolute atomic E-state index is 11.1. The van der Waals surface area contributed by atoms with Gasteiger partial charge in [0.1, 0.15) is 6.04 Å². The fraction of sp³-hybridized carbons (Fsp3) is 0.778. The van der Waals surface area contributed by atoms with Crippen LogP contribution in [-0.4, -0.2) is 37.1 Å². The standard InChI is InChI=1S/C9H18N2O3/c1-6(2)5-7(8(10)12)11(3)9(13)14-4/h6-7H,5H2,1-4H3,(H2,10,12). The Morgan fingerprint density at radius 2 is 1.93 bits per heavy atom. The summed E-state index contributed by atoms with van der Waals surface area (Å²) in [7, 11) is 2.77. The highest BCUT2D eigenvalue weighted by molar-refractivity contribution is 5.84. The Morgan fingerprint density at radius 3 is 2.21 bits per heavy atom. The Balaban J connectivity index is 4.48. The minimum Gasteiger partial charge on any atom is -0.453 e. The molecule has 0 rings (SSSR count). The molecule has 5 nitrogen and oxygen atoms in total. The summed E-state index contributed by atoms with van der Waals surface area (Å²) in [5, 5.41) is 0. The minimum atomic E-state index is -0.595. The minimum absolute atomic E-state index is 0.291. The summed E-state index contributed by atoms with van der Waals surface area (Å²) in [6.07, 6.45) is -0.00421. The van der Waals surface area contributed by atoms with Crippen molar-refractivity contribution in [3.63, 3.8) is 0 Å². The van der Waals surface area contributed by atoms with E-state index < -0.39 is 18.0 Å². The van der Waals surface area contributed by atoms with E-state index in [4.69, 9.17) is 5.73 Å². The second kappa shape index (κ2) is 5.47. The molecule has 5 heteroatoms. The largest absolute Gasteiger partial charge is 0.453 e. The Morgan fingerprint density at radius 1 is 1.43 bits per heavy atom. The lowest BCUT2D eigenvalue weighted by Crippen LogP contribution is -2.46. The molecule has 0 fully saturated rings. The lowest BCUT2D eigenvalue weighted by molar-refractivity contribution is -0.122. The number of methoxy groups -OCH3 is 1. The van der Waals surface area contributed by atoms with Crippen LogP contribution in [0.1, 0.15) is 20.3 Å². The number of likely N-dealkylation sites (N-methyl/N-ethyl adjacent to an activating group) is 1. The molecular formula is C9H18N2O3. The normalized spacial score (nSPS) is 12.4. The van der Waals surface area contributed by atoms with Gasteiger partial charge >= 0.3 is 6.09 Å². The van der Waals surface area contributed by atoms with Crippen molar-refractivity contribution in [3.8, 4) is 0 Å². The molecule has 0 bridgehead atoms. The van der Waals surface area contributed by atoms with Gasteiger partial charge in [0.2, 0.25) is 5.91 Å². The van der Waals surface area contributed by atoms with Gasteiger partial charge in [-0.05, 0) is 12.3 Å². The quantitative estimate of drug-likeness (QED) is 0.725. The van der Waals surface area contributed by atoms with E-state index >= 15 is 0 Å². The van der Waals surface area contributed by atoms with Gasteiger partial charge in [0.05, 0.1) is 7.11 Å². The van der Waals surface area contributed by atoms with Gasteiger partial charge in [-0.15, -0.1) is 0 Å². The number of hydrogen-bond acceptors (Lipinski definition) is 3. The fourth-order valence-corrected chi connectivity index (χ4v) is 1.18. The molecule has 0 saturated heterocycles. The van der Waals surface area contributed by atoms with Crippen LogP contribution < -0.4 is 5.73 Å². The van der Waals surface area contributed by atoms with Gasteiger partial charge in [-0.3, -0.25) is 9.69 Å². The molecular weight excluding hydrogens is 184 g/mol. The number of rotatable bonds is 4. The number of hydrogen-bond donors (Lipinski definition) is 1. The van der Waals surface area contributed by atoms with E-state index in [1.807, 2.05) is 13.8 Å². The highest BCUT2D eigenvalue weighted by Gasteiger charge is 2.25. The molecule has 0 radical (unpaired) electrons. The number of nitrogens with zero attached hydrogens (tertiary/aromatic N) is 1. The number of amides is 2. The average Bonchev–Trinajstić information content (AvgIpc) is 2.11. The molecule has 14 heavy (non-hydrogen) atoms. The SMILES string of the molecule is COC(=O)N(C)C(CC(C)C)C(N)=O. The zero-order valence-electron chi connectivity index (χ0n) is 9.11. The molecule has 0 saturated carbocycles. The Kier molecular flexibility index (Phi) is 4.97. The molecule has 1 atom stereocenters. The molecule has 82 valence electrons. The van der Waals surface area contributed by atoms with Gasteiger partial charge in [0, 0.05) is 7.05 Å². The maximum atomic E-state index is 11.1. The van der Waals surface area contributed by atoms with Crippen molar-refractivity contribution in [2.45, 2.75) is 26.3 Å². The average molecular weight is 202 g/mol. The number of ether oxygens (including phenoxy) is 1. The summed E-state index contributed by atoms with van der Waals surface area (Å²) in [5.41, 5.74) is 5.19. The summed E-state index contributed by atoms with van der Waals surface area (Å²) in [6.45, 7) is 3.92. The predicted octanol–water partition coefficient (Wildman–Crippen LogP) is 0.585. The maximum Gasteiger partial charge on any atom is 0.409 e. The van der Waals surface area contributed by atoms with Crippen molar-refractivity contribution in [3.05, 3.63) is 0 Å². The van der Waals surface area contributed by atoms with E-state index in [0.29, 0.717) is 12.3 Å². The highest BCUT2D eigenvalue weighted by atomic mass is 16.5. The predicted molar refractivity (Wildman–Crippen MR) is 52.6 cm³/mol. The third-order valence-electron chi connectivity index (χ3n) is 1.95. The topological polar surface area (TPSA) is 72.6 Å². The van der Waals surface area contributed by atoms with Crippen LogP contribution >= 0.6 is 0 Å². The van der Waals surface area contributed by atoms with Crippen LogP contribution in [0.4, 0.5) is 4.79 Å². The zero-order valence-corrected chi connectivity index (χ0v) is 9.11. The number of carbonyl (C=O) groups excluding carboxylic acids is 2. The van der Waals surface area contributed by atoms with Gasteiger partial charge < -0.3 is 10.5 Å². The first-order valence-electron chi connectivity index (χ1n) is 4.50. The van der Waals surface area contributed by atoms with Crippen molar-refractivity contribution in [1.82, 2.24) is 4.90 Å². The van der Waals surface area contributed by atoms with Crippen LogP contribution in [0.3, 0.4) is 0 Å². The summed E-state index contributed by atoms with van der Waals surface area (Å²) in [4.78, 5) is 23.4. The smallest absolute Gasteiger partial charge is 0.409 e. The van der Waals surface area contributed by atoms with E-state index in [-0.39, 0.29) is 0 Å². The molecule has 0 aromatic carbocycles. The third kappa shape index (κ3) is 3.64. The van der Waals surface area contributed by atoms with Crippen molar-refractivity contribution >= 4 is 12.0 Å². The highest BCUT2D eigenvalue weighted by Crippen LogP contribution is 2.10. The van der Waals surface area contributed by atoms with Crippen LogP contribution in [0.2, 0.25) is 0 Å². The Bertz CT molecular complexity index is 216. The number of nitrogens with two attached hydrogens (primary N) is 1. The molecule has 0 spiro atoms. The first kappa shape index (κ1) is 12.7. The van der Waals surface area contributed by atoms with Gasteiger partial charge in [-0.1, -0.05) is 13.8 Å². The summed E-state index contributed by atoms with van der Waals surface area (Å²) in [6, 6.07) is -0.595. The van der Waals surface area contributed by atoms with E-state index in [1.54, 1.807) is 0 Å². The van der Waals surface area contributed by atoms with Crippen LogP contribution in [0.25, 0.3) is 0 Å². The molecule has 0 aliphatic rings. The monoisotopic (exact) mass is 202 g/mol. The van der Waals surface area contributed by atoms with Crippen molar-refractivity contribution in [1.29, 1.82) is 0 Å². The lowest BCUT2D eigenvalue weighted by atomic mass is 10.0. The first-order chi connectivity index (χ1) is 6.40. The second-order valence-electron chi connectivity index (χ2n) is 3.63. The molecule has 0 aliphatic heterocycles.